The molecule has 1 aromatic heterocycles. The first-order valence-electron chi connectivity index (χ1n) is 9.96. The van der Waals surface area contributed by atoms with Gasteiger partial charge in [-0.1, -0.05) is 35.4 Å². The minimum atomic E-state index is -0.986. The molecule has 0 saturated heterocycles. The Balaban J connectivity index is 1.68. The monoisotopic (exact) mass is 435 g/mol. The minimum absolute atomic E-state index is 0.203. The molecule has 1 aliphatic heterocycles. The SMILES string of the molecule is CCOC(=O)C1=C(C)Nc2nnnn2C1c1ccccc1OCc1ccc(C(=O)O)cc1. The Morgan fingerprint density at radius 1 is 1.16 bits per heavy atom. The Morgan fingerprint density at radius 3 is 2.62 bits per heavy atom. The summed E-state index contributed by atoms with van der Waals surface area (Å²) >= 11 is 0. The van der Waals surface area contributed by atoms with E-state index in [-0.39, 0.29) is 18.8 Å². The van der Waals surface area contributed by atoms with Crippen LogP contribution in [-0.4, -0.2) is 43.9 Å². The number of carbonyl (C=O) groups is 2. The van der Waals surface area contributed by atoms with Crippen LogP contribution in [0.3, 0.4) is 0 Å². The van der Waals surface area contributed by atoms with Crippen LogP contribution in [0.25, 0.3) is 0 Å². The molecule has 2 heterocycles. The van der Waals surface area contributed by atoms with E-state index in [2.05, 4.69) is 20.8 Å². The van der Waals surface area contributed by atoms with E-state index in [0.29, 0.717) is 28.5 Å². The summed E-state index contributed by atoms with van der Waals surface area (Å²) in [6, 6.07) is 13.1. The van der Waals surface area contributed by atoms with Gasteiger partial charge in [-0.2, -0.15) is 4.68 Å². The largest absolute Gasteiger partial charge is 0.489 e. The second-order valence-electron chi connectivity index (χ2n) is 7.06. The van der Waals surface area contributed by atoms with Crippen LogP contribution in [0, 0.1) is 0 Å². The fourth-order valence-corrected chi connectivity index (χ4v) is 3.52. The molecule has 0 bridgehead atoms. The van der Waals surface area contributed by atoms with Gasteiger partial charge in [0, 0.05) is 11.3 Å². The van der Waals surface area contributed by atoms with Crippen molar-refractivity contribution in [3.8, 4) is 5.75 Å². The zero-order valence-electron chi connectivity index (χ0n) is 17.5. The van der Waals surface area contributed by atoms with Crippen molar-refractivity contribution >= 4 is 17.9 Å². The molecular formula is C22H21N5O5. The third-order valence-electron chi connectivity index (χ3n) is 5.02. The van der Waals surface area contributed by atoms with Crippen LogP contribution in [0.4, 0.5) is 5.95 Å². The summed E-state index contributed by atoms with van der Waals surface area (Å²) in [7, 11) is 0. The van der Waals surface area contributed by atoms with Crippen molar-refractivity contribution in [2.75, 3.05) is 11.9 Å². The number of allylic oxidation sites excluding steroid dienone is 1. The van der Waals surface area contributed by atoms with E-state index < -0.39 is 18.0 Å². The topological polar surface area (TPSA) is 128 Å². The van der Waals surface area contributed by atoms with Crippen LogP contribution < -0.4 is 10.1 Å². The molecule has 10 heteroatoms. The molecular weight excluding hydrogens is 414 g/mol. The van der Waals surface area contributed by atoms with E-state index in [9.17, 15) is 9.59 Å². The molecule has 0 radical (unpaired) electrons. The number of rotatable bonds is 7. The molecule has 0 amide bonds. The van der Waals surface area contributed by atoms with Gasteiger partial charge in [0.05, 0.1) is 17.7 Å². The van der Waals surface area contributed by atoms with Crippen LogP contribution in [0.1, 0.15) is 41.4 Å². The predicted molar refractivity (Wildman–Crippen MR) is 113 cm³/mol. The third-order valence-corrected chi connectivity index (χ3v) is 5.02. The second-order valence-corrected chi connectivity index (χ2v) is 7.06. The quantitative estimate of drug-likeness (QED) is 0.538. The van der Waals surface area contributed by atoms with Gasteiger partial charge >= 0.3 is 11.9 Å². The number of carbonyl (C=O) groups excluding carboxylic acids is 1. The molecule has 1 aliphatic rings. The molecule has 1 atom stereocenters. The van der Waals surface area contributed by atoms with Gasteiger partial charge in [-0.3, -0.25) is 0 Å². The molecule has 0 fully saturated rings. The molecule has 164 valence electrons. The lowest BCUT2D eigenvalue weighted by Gasteiger charge is -2.28. The van der Waals surface area contributed by atoms with Crippen molar-refractivity contribution in [1.29, 1.82) is 0 Å². The molecule has 2 N–H and O–H groups in total. The zero-order valence-corrected chi connectivity index (χ0v) is 17.5. The summed E-state index contributed by atoms with van der Waals surface area (Å²) in [5.74, 6) is -0.514. The maximum absolute atomic E-state index is 12.8. The number of esters is 1. The number of ether oxygens (including phenoxy) is 2. The van der Waals surface area contributed by atoms with Crippen LogP contribution in [0.15, 0.2) is 59.8 Å². The van der Waals surface area contributed by atoms with Crippen molar-refractivity contribution in [2.24, 2.45) is 0 Å². The van der Waals surface area contributed by atoms with Gasteiger partial charge in [0.15, 0.2) is 0 Å². The van der Waals surface area contributed by atoms with E-state index >= 15 is 0 Å². The summed E-state index contributed by atoms with van der Waals surface area (Å²) in [5, 5.41) is 23.9. The van der Waals surface area contributed by atoms with E-state index in [1.54, 1.807) is 32.0 Å². The number of aromatic carboxylic acids is 1. The standard InChI is InChI=1S/C22H21N5O5/c1-3-31-21(30)18-13(2)23-22-24-25-26-27(22)19(18)16-6-4-5-7-17(16)32-12-14-8-10-15(11-9-14)20(28)29/h4-11,19H,3,12H2,1-2H3,(H,28,29)(H,23,24,26). The highest BCUT2D eigenvalue weighted by molar-refractivity contribution is 5.92. The molecule has 4 rings (SSSR count). The fraction of sp³-hybridized carbons (Fsp3) is 0.227. The van der Waals surface area contributed by atoms with Crippen LogP contribution in [-0.2, 0) is 16.1 Å². The minimum Gasteiger partial charge on any atom is -0.489 e. The number of fused-ring (bicyclic) bond motifs is 1. The lowest BCUT2D eigenvalue weighted by Crippen LogP contribution is -2.30. The first-order valence-corrected chi connectivity index (χ1v) is 9.96. The molecule has 0 aliphatic carbocycles. The number of nitrogens with zero attached hydrogens (tertiary/aromatic N) is 4. The number of tetrazole rings is 1. The average molecular weight is 435 g/mol. The summed E-state index contributed by atoms with van der Waals surface area (Å²) in [6.07, 6.45) is 0. The van der Waals surface area contributed by atoms with Crippen molar-refractivity contribution in [2.45, 2.75) is 26.5 Å². The Labute approximate surface area is 183 Å². The number of hydrogen-bond donors (Lipinski definition) is 2. The van der Waals surface area contributed by atoms with Crippen LogP contribution in [0.2, 0.25) is 0 Å². The van der Waals surface area contributed by atoms with E-state index in [4.69, 9.17) is 14.6 Å². The first kappa shape index (κ1) is 21.0. The number of nitrogens with one attached hydrogen (secondary N) is 1. The van der Waals surface area contributed by atoms with Gasteiger partial charge < -0.3 is 19.9 Å². The lowest BCUT2D eigenvalue weighted by atomic mass is 9.95. The van der Waals surface area contributed by atoms with Gasteiger partial charge in [0.1, 0.15) is 18.4 Å². The van der Waals surface area contributed by atoms with Crippen molar-refractivity contribution < 1.29 is 24.2 Å². The highest BCUT2D eigenvalue weighted by Gasteiger charge is 2.36. The third kappa shape index (κ3) is 4.02. The highest BCUT2D eigenvalue weighted by atomic mass is 16.5. The summed E-state index contributed by atoms with van der Waals surface area (Å²) < 4.78 is 12.9. The molecule has 2 aromatic carbocycles. The molecule has 1 unspecified atom stereocenters. The number of benzene rings is 2. The Bertz CT molecular complexity index is 1190. The number of aromatic nitrogens is 4. The van der Waals surface area contributed by atoms with Gasteiger partial charge in [0.2, 0.25) is 5.95 Å². The fourth-order valence-electron chi connectivity index (χ4n) is 3.52. The van der Waals surface area contributed by atoms with Crippen molar-refractivity contribution in [3.63, 3.8) is 0 Å². The van der Waals surface area contributed by atoms with Crippen molar-refractivity contribution in [3.05, 3.63) is 76.5 Å². The van der Waals surface area contributed by atoms with Crippen LogP contribution in [0.5, 0.6) is 5.75 Å². The van der Waals surface area contributed by atoms with Crippen molar-refractivity contribution in [1.82, 2.24) is 20.2 Å². The van der Waals surface area contributed by atoms with Gasteiger partial charge in [-0.15, -0.1) is 0 Å². The molecule has 32 heavy (non-hydrogen) atoms. The first-order chi connectivity index (χ1) is 15.5. The maximum atomic E-state index is 12.8. The Kier molecular flexibility index (Phi) is 5.84. The Morgan fingerprint density at radius 2 is 1.91 bits per heavy atom. The van der Waals surface area contributed by atoms with Gasteiger partial charge in [-0.05, 0) is 48.0 Å². The molecule has 0 spiro atoms. The number of carboxylic acids is 1. The summed E-state index contributed by atoms with van der Waals surface area (Å²) in [4.78, 5) is 23.9. The zero-order chi connectivity index (χ0) is 22.7. The van der Waals surface area contributed by atoms with Gasteiger partial charge in [-0.25, -0.2) is 9.59 Å². The number of anilines is 1. The molecule has 3 aromatic rings. The van der Waals surface area contributed by atoms with Gasteiger partial charge in [0.25, 0.3) is 0 Å². The Hall–Kier alpha value is -4.21. The van der Waals surface area contributed by atoms with E-state index in [1.165, 1.54) is 16.8 Å². The van der Waals surface area contributed by atoms with E-state index in [1.807, 2.05) is 18.2 Å². The highest BCUT2D eigenvalue weighted by Crippen LogP contribution is 2.39. The summed E-state index contributed by atoms with van der Waals surface area (Å²) in [5.41, 5.74) is 2.67. The summed E-state index contributed by atoms with van der Waals surface area (Å²) in [6.45, 7) is 3.95. The van der Waals surface area contributed by atoms with E-state index in [0.717, 1.165) is 5.56 Å². The average Bonchev–Trinajstić information content (AvgIpc) is 3.25. The predicted octanol–water partition coefficient (Wildman–Crippen LogP) is 2.80. The second kappa shape index (κ2) is 8.88. The molecule has 10 nitrogen and oxygen atoms in total. The lowest BCUT2D eigenvalue weighted by molar-refractivity contribution is -0.139. The number of para-hydroxylation sites is 1. The normalized spacial score (nSPS) is 15.0. The number of carboxylic acid groups (broad SMARTS) is 1. The number of hydrogen-bond acceptors (Lipinski definition) is 8. The molecule has 0 saturated carbocycles. The van der Waals surface area contributed by atoms with Crippen LogP contribution >= 0.6 is 0 Å². The maximum Gasteiger partial charge on any atom is 0.338 e. The smallest absolute Gasteiger partial charge is 0.338 e.